The molecule has 0 radical (unpaired) electrons. The van der Waals surface area contributed by atoms with Gasteiger partial charge < -0.3 is 29.5 Å². The van der Waals surface area contributed by atoms with Crippen molar-refractivity contribution in [1.29, 1.82) is 0 Å². The first-order valence-electron chi connectivity index (χ1n) is 13.1. The average molecular weight is 549 g/mol. The molecular weight excluding hydrogens is 516 g/mol. The Hall–Kier alpha value is -4.29. The predicted octanol–water partition coefficient (Wildman–Crippen LogP) is 1.89. The molecule has 0 spiro atoms. The number of carbonyl (C=O) groups is 3. The van der Waals surface area contributed by atoms with Gasteiger partial charge in [-0.15, -0.1) is 0 Å². The Balaban J connectivity index is 1.36. The van der Waals surface area contributed by atoms with Gasteiger partial charge in [-0.05, 0) is 48.7 Å². The number of piperidine rings is 1. The van der Waals surface area contributed by atoms with E-state index in [2.05, 4.69) is 25.7 Å². The normalized spacial score (nSPS) is 20.3. The molecule has 0 saturated carbocycles. The van der Waals surface area contributed by atoms with Crippen LogP contribution in [0.5, 0.6) is 11.5 Å². The van der Waals surface area contributed by atoms with Crippen molar-refractivity contribution < 1.29 is 28.4 Å². The van der Waals surface area contributed by atoms with Crippen molar-refractivity contribution in [2.24, 2.45) is 0 Å². The van der Waals surface area contributed by atoms with Crippen LogP contribution < -0.4 is 15.4 Å². The number of aromatic nitrogens is 2. The third-order valence-electron chi connectivity index (χ3n) is 6.99. The summed E-state index contributed by atoms with van der Waals surface area (Å²) in [5.41, 5.74) is 2.24. The van der Waals surface area contributed by atoms with Gasteiger partial charge in [0.2, 0.25) is 11.8 Å². The maximum atomic E-state index is 13.2. The Morgan fingerprint density at radius 2 is 2.05 bits per heavy atom. The number of fused-ring (bicyclic) bond motifs is 5. The monoisotopic (exact) mass is 548 g/mol. The Bertz CT molecular complexity index is 1410. The molecule has 0 unspecified atom stereocenters. The predicted molar refractivity (Wildman–Crippen MR) is 143 cm³/mol. The molecule has 4 bridgehead atoms. The molecule has 2 aliphatic rings. The third-order valence-corrected chi connectivity index (χ3v) is 6.99. The number of rotatable bonds is 3. The van der Waals surface area contributed by atoms with Gasteiger partial charge in [-0.25, -0.2) is 0 Å². The number of aryl methyl sites for hydroxylation is 1. The summed E-state index contributed by atoms with van der Waals surface area (Å²) in [5.74, 6) is 0.470. The van der Waals surface area contributed by atoms with Crippen LogP contribution in [-0.4, -0.2) is 83.5 Å². The largest absolute Gasteiger partial charge is 0.457 e. The van der Waals surface area contributed by atoms with Gasteiger partial charge in [-0.3, -0.25) is 19.3 Å². The van der Waals surface area contributed by atoms with E-state index in [9.17, 15) is 14.4 Å². The summed E-state index contributed by atoms with van der Waals surface area (Å²) >= 11 is 0. The van der Waals surface area contributed by atoms with E-state index in [1.807, 2.05) is 37.3 Å². The summed E-state index contributed by atoms with van der Waals surface area (Å²) in [6.45, 7) is 3.56. The molecule has 1 aromatic heterocycles. The van der Waals surface area contributed by atoms with Gasteiger partial charge in [0.05, 0.1) is 31.8 Å². The zero-order valence-corrected chi connectivity index (χ0v) is 22.7. The van der Waals surface area contributed by atoms with E-state index in [1.165, 1.54) is 11.9 Å². The van der Waals surface area contributed by atoms with Crippen molar-refractivity contribution in [2.75, 3.05) is 33.7 Å². The van der Waals surface area contributed by atoms with E-state index in [4.69, 9.17) is 14.0 Å². The summed E-state index contributed by atoms with van der Waals surface area (Å²) in [5, 5.41) is 9.25. The van der Waals surface area contributed by atoms with Crippen LogP contribution in [0.1, 0.15) is 44.4 Å². The molecule has 210 valence electrons. The van der Waals surface area contributed by atoms with Crippen molar-refractivity contribution in [3.8, 4) is 11.5 Å². The molecule has 2 aliphatic heterocycles. The van der Waals surface area contributed by atoms with Crippen LogP contribution in [0.25, 0.3) is 0 Å². The molecule has 2 atom stereocenters. The summed E-state index contributed by atoms with van der Waals surface area (Å²) in [4.78, 5) is 45.6. The number of benzene rings is 2. The van der Waals surface area contributed by atoms with Gasteiger partial charge in [0, 0.05) is 32.7 Å². The summed E-state index contributed by atoms with van der Waals surface area (Å²) in [7, 11) is 3.09. The van der Waals surface area contributed by atoms with Gasteiger partial charge in [0.1, 0.15) is 11.5 Å². The van der Waals surface area contributed by atoms with E-state index >= 15 is 0 Å². The molecule has 5 rings (SSSR count). The Morgan fingerprint density at radius 1 is 1.20 bits per heavy atom. The lowest BCUT2D eigenvalue weighted by Gasteiger charge is -2.38. The number of hydrogen-bond donors (Lipinski definition) is 2. The third kappa shape index (κ3) is 6.29. The summed E-state index contributed by atoms with van der Waals surface area (Å²) < 4.78 is 17.7. The molecule has 3 amide bonds. The number of nitrogens with zero attached hydrogens (tertiary/aromatic N) is 4. The minimum atomic E-state index is -0.429. The van der Waals surface area contributed by atoms with Crippen LogP contribution in [0, 0.1) is 6.92 Å². The minimum Gasteiger partial charge on any atom is -0.457 e. The Kier molecular flexibility index (Phi) is 8.08. The standard InChI is InChI=1S/C28H32N6O6/c1-17-7-8-19-12-23(17)39-20-6-4-5-18(11-20)16-38-22-9-10-34(15-25-31-26(32-40-25)27(36)29-2)13-21(22)30-24(35)14-33(3)28(19)37/h4-8,11-12,21-22H,9-10,13-16H2,1-3H3,(H,29,36)(H,30,35)/t21-,22+/m0/s1. The second-order valence-corrected chi connectivity index (χ2v) is 10.0. The molecule has 3 aromatic rings. The number of ether oxygens (including phenoxy) is 2. The van der Waals surface area contributed by atoms with Crippen LogP contribution in [0.4, 0.5) is 0 Å². The lowest BCUT2D eigenvalue weighted by molar-refractivity contribution is -0.125. The lowest BCUT2D eigenvalue weighted by atomic mass is 10.0. The lowest BCUT2D eigenvalue weighted by Crippen LogP contribution is -2.57. The molecule has 2 aromatic carbocycles. The second-order valence-electron chi connectivity index (χ2n) is 10.0. The van der Waals surface area contributed by atoms with Crippen LogP contribution in [0.2, 0.25) is 0 Å². The Labute approximate surface area is 231 Å². The van der Waals surface area contributed by atoms with Gasteiger partial charge in [0.15, 0.2) is 0 Å². The molecule has 12 nitrogen and oxygen atoms in total. The van der Waals surface area contributed by atoms with E-state index < -0.39 is 5.91 Å². The van der Waals surface area contributed by atoms with Crippen LogP contribution in [-0.2, 0) is 22.7 Å². The maximum absolute atomic E-state index is 13.2. The van der Waals surface area contributed by atoms with Crippen molar-refractivity contribution in [2.45, 2.75) is 38.6 Å². The fraction of sp³-hybridized carbons (Fsp3) is 0.393. The number of hydrogen-bond acceptors (Lipinski definition) is 9. The van der Waals surface area contributed by atoms with E-state index in [0.29, 0.717) is 55.6 Å². The van der Waals surface area contributed by atoms with Crippen LogP contribution >= 0.6 is 0 Å². The van der Waals surface area contributed by atoms with Gasteiger partial charge in [0.25, 0.3) is 17.6 Å². The van der Waals surface area contributed by atoms with Crippen molar-refractivity contribution >= 4 is 17.7 Å². The van der Waals surface area contributed by atoms with Crippen molar-refractivity contribution in [1.82, 2.24) is 30.6 Å². The number of likely N-dealkylation sites (N-methyl/N-ethyl adjacent to an activating group) is 1. The van der Waals surface area contributed by atoms with Crippen LogP contribution in [0.3, 0.4) is 0 Å². The maximum Gasteiger partial charge on any atom is 0.292 e. The highest BCUT2D eigenvalue weighted by molar-refractivity contribution is 5.96. The number of likely N-dealkylation sites (tertiary alicyclic amines) is 1. The highest BCUT2D eigenvalue weighted by Crippen LogP contribution is 2.28. The quantitative estimate of drug-likeness (QED) is 0.502. The topological polar surface area (TPSA) is 139 Å². The fourth-order valence-electron chi connectivity index (χ4n) is 4.83. The molecule has 2 N–H and O–H groups in total. The molecule has 40 heavy (non-hydrogen) atoms. The van der Waals surface area contributed by atoms with E-state index in [1.54, 1.807) is 19.2 Å². The van der Waals surface area contributed by atoms with Crippen molar-refractivity contribution in [3.63, 3.8) is 0 Å². The highest BCUT2D eigenvalue weighted by Gasteiger charge is 2.33. The zero-order valence-electron chi connectivity index (χ0n) is 22.7. The Morgan fingerprint density at radius 3 is 2.88 bits per heavy atom. The first kappa shape index (κ1) is 27.3. The highest BCUT2D eigenvalue weighted by atomic mass is 16.5. The van der Waals surface area contributed by atoms with Gasteiger partial charge >= 0.3 is 0 Å². The molecule has 0 aliphatic carbocycles. The SMILES string of the molecule is CNC(=O)c1noc(CN2CC[C@H]3OCc4cccc(c4)Oc4cc(ccc4C)C(=O)N(C)CC(=O)N[C@H]3C2)n1. The molecule has 12 heteroatoms. The zero-order chi connectivity index (χ0) is 28.2. The fourth-order valence-corrected chi connectivity index (χ4v) is 4.83. The first-order valence-corrected chi connectivity index (χ1v) is 13.1. The number of nitrogens with one attached hydrogen (secondary N) is 2. The van der Waals surface area contributed by atoms with Crippen LogP contribution in [0.15, 0.2) is 47.0 Å². The van der Waals surface area contributed by atoms with Gasteiger partial charge in [-0.2, -0.15) is 4.98 Å². The molecule has 1 saturated heterocycles. The summed E-state index contributed by atoms with van der Waals surface area (Å²) in [6, 6.07) is 12.5. The van der Waals surface area contributed by atoms with E-state index in [0.717, 1.165) is 11.1 Å². The number of amides is 3. The molecule has 3 heterocycles. The first-order chi connectivity index (χ1) is 19.3. The molecular formula is C28H32N6O6. The summed E-state index contributed by atoms with van der Waals surface area (Å²) in [6.07, 6.45) is 0.369. The molecule has 1 fully saturated rings. The second kappa shape index (κ2) is 11.8. The minimum absolute atomic E-state index is 0.0339. The number of carbonyl (C=O) groups excluding carboxylic acids is 3. The van der Waals surface area contributed by atoms with Gasteiger partial charge in [-0.1, -0.05) is 23.4 Å². The average Bonchev–Trinajstić information content (AvgIpc) is 3.41. The smallest absolute Gasteiger partial charge is 0.292 e. The van der Waals surface area contributed by atoms with E-state index in [-0.39, 0.29) is 36.3 Å². The van der Waals surface area contributed by atoms with Crippen molar-refractivity contribution in [3.05, 3.63) is 70.9 Å².